The Hall–Kier alpha value is -1.66. The fourth-order valence-corrected chi connectivity index (χ4v) is 2.91. The summed E-state index contributed by atoms with van der Waals surface area (Å²) >= 11 is 1.57. The zero-order valence-corrected chi connectivity index (χ0v) is 13.9. The molecule has 1 atom stereocenters. The molecule has 2 aromatic rings. The molecule has 2 aromatic heterocycles. The number of carbonyl (C=O) groups excluding carboxylic acids is 1. The predicted molar refractivity (Wildman–Crippen MR) is 86.7 cm³/mol. The number of nitrogens with zero attached hydrogens (tertiary/aromatic N) is 1. The van der Waals surface area contributed by atoms with Gasteiger partial charge in [0.25, 0.3) is 0 Å². The molecule has 1 unspecified atom stereocenters. The Labute approximate surface area is 134 Å². The molecule has 22 heavy (non-hydrogen) atoms. The van der Waals surface area contributed by atoms with E-state index in [0.717, 1.165) is 12.0 Å². The molecular formula is C16H22N2O3S. The van der Waals surface area contributed by atoms with Crippen LogP contribution in [0.5, 0.6) is 0 Å². The Balaban J connectivity index is 1.99. The van der Waals surface area contributed by atoms with Gasteiger partial charge in [0.1, 0.15) is 5.76 Å². The van der Waals surface area contributed by atoms with Crippen molar-refractivity contribution in [2.24, 2.45) is 5.92 Å². The lowest BCUT2D eigenvalue weighted by molar-refractivity contribution is -0.121. The summed E-state index contributed by atoms with van der Waals surface area (Å²) < 4.78 is 5.62. The first kappa shape index (κ1) is 16.7. The number of rotatable bonds is 7. The quantitative estimate of drug-likeness (QED) is 0.822. The van der Waals surface area contributed by atoms with Crippen LogP contribution < -0.4 is 5.32 Å². The number of hydrogen-bond acceptors (Lipinski definition) is 5. The number of aliphatic hydroxyl groups is 1. The molecule has 120 valence electrons. The molecule has 6 heteroatoms. The Bertz CT molecular complexity index is 605. The number of aryl methyl sites for hydroxylation is 1. The van der Waals surface area contributed by atoms with E-state index in [1.807, 2.05) is 23.8 Å². The van der Waals surface area contributed by atoms with Gasteiger partial charge in [0, 0.05) is 10.9 Å². The maximum Gasteiger partial charge on any atom is 0.227 e. The summed E-state index contributed by atoms with van der Waals surface area (Å²) in [6.07, 6.45) is 0.911. The van der Waals surface area contributed by atoms with Gasteiger partial charge in [-0.25, -0.2) is 4.98 Å². The highest BCUT2D eigenvalue weighted by Gasteiger charge is 2.17. The lowest BCUT2D eigenvalue weighted by atomic mass is 10.0. The highest BCUT2D eigenvalue weighted by Crippen LogP contribution is 2.24. The molecule has 0 saturated heterocycles. The van der Waals surface area contributed by atoms with Crippen LogP contribution in [0, 0.1) is 12.8 Å². The number of hydrogen-bond donors (Lipinski definition) is 2. The number of nitrogens with one attached hydrogen (secondary N) is 1. The van der Waals surface area contributed by atoms with E-state index in [2.05, 4.69) is 24.1 Å². The van der Waals surface area contributed by atoms with Gasteiger partial charge in [0.2, 0.25) is 11.8 Å². The fourth-order valence-electron chi connectivity index (χ4n) is 2.28. The molecule has 2 heterocycles. The van der Waals surface area contributed by atoms with Crippen molar-refractivity contribution in [2.45, 2.75) is 39.7 Å². The average Bonchev–Trinajstić information content (AvgIpc) is 3.08. The molecule has 0 aliphatic carbocycles. The molecule has 0 saturated carbocycles. The molecular weight excluding hydrogens is 300 g/mol. The van der Waals surface area contributed by atoms with Gasteiger partial charge in [-0.05, 0) is 30.7 Å². The third-order valence-electron chi connectivity index (χ3n) is 3.33. The van der Waals surface area contributed by atoms with Crippen molar-refractivity contribution in [2.75, 3.05) is 6.61 Å². The number of aromatic nitrogens is 1. The molecule has 0 radical (unpaired) electrons. The van der Waals surface area contributed by atoms with Crippen molar-refractivity contribution >= 4 is 17.2 Å². The summed E-state index contributed by atoms with van der Waals surface area (Å²) in [5, 5.41) is 16.1. The largest absolute Gasteiger partial charge is 0.441 e. The van der Waals surface area contributed by atoms with Gasteiger partial charge < -0.3 is 14.8 Å². The first-order valence-corrected chi connectivity index (χ1v) is 8.33. The zero-order chi connectivity index (χ0) is 16.1. The molecule has 2 rings (SSSR count). The third kappa shape index (κ3) is 4.42. The molecule has 0 aromatic carbocycles. The highest BCUT2D eigenvalue weighted by molar-refractivity contribution is 7.08. The van der Waals surface area contributed by atoms with Crippen LogP contribution in [0.3, 0.4) is 0 Å². The molecule has 0 spiro atoms. The van der Waals surface area contributed by atoms with Crippen molar-refractivity contribution in [1.29, 1.82) is 0 Å². The summed E-state index contributed by atoms with van der Waals surface area (Å²) in [5.74, 6) is 1.47. The van der Waals surface area contributed by atoms with Crippen molar-refractivity contribution in [1.82, 2.24) is 10.3 Å². The van der Waals surface area contributed by atoms with Crippen LogP contribution in [0.1, 0.15) is 31.7 Å². The van der Waals surface area contributed by atoms with Crippen molar-refractivity contribution in [3.05, 3.63) is 28.3 Å². The SMILES string of the molecule is Cc1oc(-c2ccsc2)nc1CC(=O)NC(CO)CC(C)C. The van der Waals surface area contributed by atoms with Gasteiger partial charge in [-0.15, -0.1) is 0 Å². The third-order valence-corrected chi connectivity index (χ3v) is 4.01. The monoisotopic (exact) mass is 322 g/mol. The van der Waals surface area contributed by atoms with Gasteiger partial charge in [0.05, 0.1) is 24.8 Å². The molecule has 5 nitrogen and oxygen atoms in total. The lowest BCUT2D eigenvalue weighted by Crippen LogP contribution is -2.39. The summed E-state index contributed by atoms with van der Waals surface area (Å²) in [5.41, 5.74) is 1.56. The summed E-state index contributed by atoms with van der Waals surface area (Å²) in [7, 11) is 0. The molecule has 0 bridgehead atoms. The normalized spacial score (nSPS) is 12.6. The van der Waals surface area contributed by atoms with Crippen LogP contribution in [0.25, 0.3) is 11.5 Å². The van der Waals surface area contributed by atoms with Crippen molar-refractivity contribution in [3.63, 3.8) is 0 Å². The van der Waals surface area contributed by atoms with Gasteiger partial charge in [-0.1, -0.05) is 13.8 Å². The van der Waals surface area contributed by atoms with Crippen LogP contribution in [0.4, 0.5) is 0 Å². The highest BCUT2D eigenvalue weighted by atomic mass is 32.1. The molecule has 0 aliphatic rings. The average molecular weight is 322 g/mol. The van der Waals surface area contributed by atoms with Crippen LogP contribution in [-0.4, -0.2) is 28.6 Å². The topological polar surface area (TPSA) is 75.4 Å². The molecule has 0 aliphatic heterocycles. The van der Waals surface area contributed by atoms with E-state index in [1.54, 1.807) is 11.3 Å². The van der Waals surface area contributed by atoms with Crippen molar-refractivity contribution < 1.29 is 14.3 Å². The number of carbonyl (C=O) groups is 1. The summed E-state index contributed by atoms with van der Waals surface area (Å²) in [6, 6.07) is 1.72. The minimum atomic E-state index is -0.212. The van der Waals surface area contributed by atoms with Gasteiger partial charge in [-0.3, -0.25) is 4.79 Å². The van der Waals surface area contributed by atoms with E-state index < -0.39 is 0 Å². The van der Waals surface area contributed by atoms with Gasteiger partial charge >= 0.3 is 0 Å². The van der Waals surface area contributed by atoms with Crippen LogP contribution >= 0.6 is 11.3 Å². The number of thiophene rings is 1. The first-order chi connectivity index (χ1) is 10.5. The van der Waals surface area contributed by atoms with E-state index in [4.69, 9.17) is 4.42 Å². The second-order valence-corrected chi connectivity index (χ2v) is 6.57. The predicted octanol–water partition coefficient (Wildman–Crippen LogP) is 2.78. The van der Waals surface area contributed by atoms with Gasteiger partial charge in [-0.2, -0.15) is 11.3 Å². The second kappa shape index (κ2) is 7.56. The second-order valence-electron chi connectivity index (χ2n) is 5.79. The van der Waals surface area contributed by atoms with Gasteiger partial charge in [0.15, 0.2) is 0 Å². The Morgan fingerprint density at radius 3 is 2.86 bits per heavy atom. The fraction of sp³-hybridized carbons (Fsp3) is 0.500. The number of aliphatic hydroxyl groups excluding tert-OH is 1. The molecule has 1 amide bonds. The Morgan fingerprint density at radius 1 is 1.50 bits per heavy atom. The van der Waals surface area contributed by atoms with E-state index in [1.165, 1.54) is 0 Å². The molecule has 0 fully saturated rings. The van der Waals surface area contributed by atoms with Crippen molar-refractivity contribution in [3.8, 4) is 11.5 Å². The maximum absolute atomic E-state index is 12.1. The molecule has 2 N–H and O–H groups in total. The van der Waals surface area contributed by atoms with E-state index >= 15 is 0 Å². The Morgan fingerprint density at radius 2 is 2.27 bits per heavy atom. The zero-order valence-electron chi connectivity index (χ0n) is 13.1. The maximum atomic E-state index is 12.1. The Kier molecular flexibility index (Phi) is 5.74. The number of amides is 1. The minimum Gasteiger partial charge on any atom is -0.441 e. The number of oxazole rings is 1. The minimum absolute atomic E-state index is 0.0537. The smallest absolute Gasteiger partial charge is 0.227 e. The summed E-state index contributed by atoms with van der Waals surface area (Å²) in [4.78, 5) is 16.5. The van der Waals surface area contributed by atoms with E-state index in [-0.39, 0.29) is 25.0 Å². The summed E-state index contributed by atoms with van der Waals surface area (Å²) in [6.45, 7) is 5.87. The first-order valence-electron chi connectivity index (χ1n) is 7.38. The van der Waals surface area contributed by atoms with Crippen LogP contribution in [-0.2, 0) is 11.2 Å². The van der Waals surface area contributed by atoms with E-state index in [0.29, 0.717) is 23.3 Å². The van der Waals surface area contributed by atoms with Crippen LogP contribution in [0.2, 0.25) is 0 Å². The van der Waals surface area contributed by atoms with E-state index in [9.17, 15) is 9.90 Å². The standard InChI is InChI=1S/C16H22N2O3S/c1-10(2)6-13(8-19)17-15(20)7-14-11(3)21-16(18-14)12-4-5-22-9-12/h4-5,9-10,13,19H,6-8H2,1-3H3,(H,17,20). The van der Waals surface area contributed by atoms with Crippen LogP contribution in [0.15, 0.2) is 21.2 Å². The lowest BCUT2D eigenvalue weighted by Gasteiger charge is -2.17.